The molecule has 0 heterocycles. The smallest absolute Gasteiger partial charge is 0.00639 e. The standard InChI is InChI=1S/C24H26/c1-4-20-14-16-22(17-15-20)19(3)24-13-9-8-12-23(24)18(2)21-10-6-5-7-11-21/h5-19H,4H2,1-3H3/t18-,19+/m0/s1. The topological polar surface area (TPSA) is 0 Å². The summed E-state index contributed by atoms with van der Waals surface area (Å²) in [4.78, 5) is 0. The molecule has 0 N–H and O–H groups in total. The Morgan fingerprint density at radius 2 is 1.04 bits per heavy atom. The highest BCUT2D eigenvalue weighted by molar-refractivity contribution is 5.43. The van der Waals surface area contributed by atoms with Gasteiger partial charge < -0.3 is 0 Å². The first kappa shape index (κ1) is 16.5. The maximum atomic E-state index is 2.32. The van der Waals surface area contributed by atoms with E-state index in [2.05, 4.69) is 99.6 Å². The van der Waals surface area contributed by atoms with Crippen LogP contribution in [0.25, 0.3) is 0 Å². The van der Waals surface area contributed by atoms with Crippen molar-refractivity contribution in [1.29, 1.82) is 0 Å². The van der Waals surface area contributed by atoms with E-state index in [1.54, 1.807) is 0 Å². The molecular formula is C24H26. The van der Waals surface area contributed by atoms with Crippen LogP contribution in [0.15, 0.2) is 78.9 Å². The van der Waals surface area contributed by atoms with Crippen LogP contribution in [0.4, 0.5) is 0 Å². The van der Waals surface area contributed by atoms with Gasteiger partial charge in [-0.15, -0.1) is 0 Å². The zero-order chi connectivity index (χ0) is 16.9. The Morgan fingerprint density at radius 1 is 0.583 bits per heavy atom. The number of hydrogen-bond donors (Lipinski definition) is 0. The Kier molecular flexibility index (Phi) is 5.15. The maximum Gasteiger partial charge on any atom is 0.00639 e. The van der Waals surface area contributed by atoms with E-state index in [1.807, 2.05) is 0 Å². The Labute approximate surface area is 146 Å². The summed E-state index contributed by atoms with van der Waals surface area (Å²) in [7, 11) is 0. The third kappa shape index (κ3) is 3.43. The molecule has 0 nitrogen and oxygen atoms in total. The minimum atomic E-state index is 0.401. The molecule has 0 fully saturated rings. The van der Waals surface area contributed by atoms with Crippen LogP contribution in [0.5, 0.6) is 0 Å². The molecule has 0 bridgehead atoms. The van der Waals surface area contributed by atoms with Gasteiger partial charge in [0.2, 0.25) is 0 Å². The van der Waals surface area contributed by atoms with Crippen LogP contribution in [-0.2, 0) is 6.42 Å². The van der Waals surface area contributed by atoms with Crippen LogP contribution in [0, 0.1) is 0 Å². The third-order valence-corrected chi connectivity index (χ3v) is 5.12. The molecule has 122 valence electrons. The zero-order valence-electron chi connectivity index (χ0n) is 14.9. The lowest BCUT2D eigenvalue weighted by Crippen LogP contribution is -2.05. The lowest BCUT2D eigenvalue weighted by molar-refractivity contribution is 0.842. The molecule has 0 radical (unpaired) electrons. The summed E-state index contributed by atoms with van der Waals surface area (Å²) in [5, 5.41) is 0. The summed E-state index contributed by atoms with van der Waals surface area (Å²) in [6.45, 7) is 6.83. The van der Waals surface area contributed by atoms with Gasteiger partial charge in [0, 0.05) is 11.8 Å². The predicted octanol–water partition coefficient (Wildman–Crippen LogP) is 6.55. The largest absolute Gasteiger partial charge is 0.0622 e. The van der Waals surface area contributed by atoms with Crippen molar-refractivity contribution in [2.45, 2.75) is 39.0 Å². The molecule has 0 spiro atoms. The van der Waals surface area contributed by atoms with Gasteiger partial charge in [0.25, 0.3) is 0 Å². The molecule has 0 unspecified atom stereocenters. The number of aryl methyl sites for hydroxylation is 1. The second-order valence-electron chi connectivity index (χ2n) is 6.58. The van der Waals surface area contributed by atoms with Gasteiger partial charge in [0.15, 0.2) is 0 Å². The molecule has 3 aromatic rings. The lowest BCUT2D eigenvalue weighted by atomic mass is 9.83. The molecule has 24 heavy (non-hydrogen) atoms. The van der Waals surface area contributed by atoms with E-state index in [0.29, 0.717) is 11.8 Å². The van der Waals surface area contributed by atoms with Gasteiger partial charge in [-0.3, -0.25) is 0 Å². The van der Waals surface area contributed by atoms with E-state index < -0.39 is 0 Å². The molecule has 0 heteroatoms. The highest BCUT2D eigenvalue weighted by Gasteiger charge is 2.17. The van der Waals surface area contributed by atoms with Crippen molar-refractivity contribution in [2.75, 3.05) is 0 Å². The fraction of sp³-hybridized carbons (Fsp3) is 0.250. The molecule has 3 aromatic carbocycles. The molecule has 0 aliphatic carbocycles. The second-order valence-corrected chi connectivity index (χ2v) is 6.58. The number of rotatable bonds is 5. The maximum absolute atomic E-state index is 2.32. The fourth-order valence-electron chi connectivity index (χ4n) is 3.44. The molecule has 2 atom stereocenters. The van der Waals surface area contributed by atoms with Gasteiger partial charge in [-0.25, -0.2) is 0 Å². The minimum absolute atomic E-state index is 0.401. The van der Waals surface area contributed by atoms with E-state index in [1.165, 1.54) is 27.8 Å². The quantitative estimate of drug-likeness (QED) is 0.500. The van der Waals surface area contributed by atoms with E-state index in [9.17, 15) is 0 Å². The molecule has 0 aliphatic heterocycles. The summed E-state index contributed by atoms with van der Waals surface area (Å²) in [6.07, 6.45) is 1.09. The predicted molar refractivity (Wildman–Crippen MR) is 104 cm³/mol. The monoisotopic (exact) mass is 314 g/mol. The Morgan fingerprint density at radius 3 is 1.54 bits per heavy atom. The zero-order valence-corrected chi connectivity index (χ0v) is 14.9. The summed E-state index contributed by atoms with van der Waals surface area (Å²) in [5.74, 6) is 0.804. The highest BCUT2D eigenvalue weighted by Crippen LogP contribution is 2.34. The highest BCUT2D eigenvalue weighted by atomic mass is 14.2. The average molecular weight is 314 g/mol. The van der Waals surface area contributed by atoms with E-state index >= 15 is 0 Å². The van der Waals surface area contributed by atoms with Crippen molar-refractivity contribution in [1.82, 2.24) is 0 Å². The van der Waals surface area contributed by atoms with Crippen LogP contribution in [0.3, 0.4) is 0 Å². The summed E-state index contributed by atoms with van der Waals surface area (Å²) < 4.78 is 0. The van der Waals surface area contributed by atoms with Crippen LogP contribution in [0.2, 0.25) is 0 Å². The number of benzene rings is 3. The van der Waals surface area contributed by atoms with Gasteiger partial charge in [-0.2, -0.15) is 0 Å². The van der Waals surface area contributed by atoms with Crippen molar-refractivity contribution < 1.29 is 0 Å². The first-order valence-corrected chi connectivity index (χ1v) is 8.93. The van der Waals surface area contributed by atoms with E-state index in [4.69, 9.17) is 0 Å². The molecule has 3 rings (SSSR count). The van der Waals surface area contributed by atoms with Gasteiger partial charge in [0.1, 0.15) is 0 Å². The first-order valence-electron chi connectivity index (χ1n) is 8.93. The molecular weight excluding hydrogens is 288 g/mol. The van der Waals surface area contributed by atoms with Gasteiger partial charge >= 0.3 is 0 Å². The summed E-state index contributed by atoms with van der Waals surface area (Å²) in [5.41, 5.74) is 7.02. The fourth-order valence-corrected chi connectivity index (χ4v) is 3.44. The van der Waals surface area contributed by atoms with E-state index in [0.717, 1.165) is 6.42 Å². The first-order chi connectivity index (χ1) is 11.7. The average Bonchev–Trinajstić information content (AvgIpc) is 2.67. The minimum Gasteiger partial charge on any atom is -0.0622 e. The van der Waals surface area contributed by atoms with Crippen molar-refractivity contribution in [3.05, 3.63) is 107 Å². The van der Waals surface area contributed by atoms with Crippen molar-refractivity contribution in [3.8, 4) is 0 Å². The molecule has 0 aromatic heterocycles. The molecule has 0 aliphatic rings. The SMILES string of the molecule is CCc1ccc([C@@H](C)c2ccccc2[C@@H](C)c2ccccc2)cc1. The van der Waals surface area contributed by atoms with E-state index in [-0.39, 0.29) is 0 Å². The lowest BCUT2D eigenvalue weighted by Gasteiger charge is -2.22. The van der Waals surface area contributed by atoms with Crippen LogP contribution >= 0.6 is 0 Å². The third-order valence-electron chi connectivity index (χ3n) is 5.12. The molecule has 0 saturated heterocycles. The van der Waals surface area contributed by atoms with Gasteiger partial charge in [-0.1, -0.05) is 99.6 Å². The summed E-state index contributed by atoms with van der Waals surface area (Å²) >= 11 is 0. The van der Waals surface area contributed by atoms with Crippen LogP contribution < -0.4 is 0 Å². The van der Waals surface area contributed by atoms with Crippen LogP contribution in [0.1, 0.15) is 60.4 Å². The Hall–Kier alpha value is -2.34. The van der Waals surface area contributed by atoms with Gasteiger partial charge in [0.05, 0.1) is 0 Å². The van der Waals surface area contributed by atoms with Crippen molar-refractivity contribution in [2.24, 2.45) is 0 Å². The second kappa shape index (κ2) is 7.49. The number of hydrogen-bond acceptors (Lipinski definition) is 0. The molecule has 0 saturated carbocycles. The summed E-state index contributed by atoms with van der Waals surface area (Å²) in [6, 6.07) is 28.8. The normalized spacial score (nSPS) is 13.5. The Balaban J connectivity index is 1.96. The van der Waals surface area contributed by atoms with Crippen LogP contribution in [-0.4, -0.2) is 0 Å². The van der Waals surface area contributed by atoms with Crippen molar-refractivity contribution in [3.63, 3.8) is 0 Å². The van der Waals surface area contributed by atoms with Gasteiger partial charge in [-0.05, 0) is 34.2 Å². The van der Waals surface area contributed by atoms with Crippen molar-refractivity contribution >= 4 is 0 Å². The molecule has 0 amide bonds. The Bertz CT molecular complexity index is 769.